The quantitative estimate of drug-likeness (QED) is 0.567. The molecule has 0 saturated carbocycles. The fourth-order valence-corrected chi connectivity index (χ4v) is 3.94. The number of ether oxygens (including phenoxy) is 1. The van der Waals surface area contributed by atoms with E-state index in [-0.39, 0.29) is 11.4 Å². The van der Waals surface area contributed by atoms with Gasteiger partial charge in [0.1, 0.15) is 28.1 Å². The fourth-order valence-electron chi connectivity index (χ4n) is 2.56. The lowest BCUT2D eigenvalue weighted by molar-refractivity contribution is -0.139. The molecule has 4 nitrogen and oxygen atoms in total. The van der Waals surface area contributed by atoms with Gasteiger partial charge in [0.05, 0.1) is 17.0 Å². The number of aliphatic hydroxyl groups is 1. The zero-order valence-electron chi connectivity index (χ0n) is 12.9. The van der Waals surface area contributed by atoms with Gasteiger partial charge >= 0.3 is 11.4 Å². The summed E-state index contributed by atoms with van der Waals surface area (Å²) in [5.41, 5.74) is -2.80. The molecule has 0 bridgehead atoms. The van der Waals surface area contributed by atoms with Crippen molar-refractivity contribution in [3.63, 3.8) is 0 Å². The summed E-state index contributed by atoms with van der Waals surface area (Å²) < 4.78 is 97.7. The van der Waals surface area contributed by atoms with Crippen LogP contribution in [0.4, 0.5) is 32.0 Å². The summed E-state index contributed by atoms with van der Waals surface area (Å²) in [6, 6.07) is 3.70. The van der Waals surface area contributed by atoms with E-state index in [0.29, 0.717) is 12.1 Å². The van der Waals surface area contributed by atoms with Crippen molar-refractivity contribution in [1.29, 1.82) is 0 Å². The summed E-state index contributed by atoms with van der Waals surface area (Å²) in [5, 5.41) is 5.40. The third-order valence-electron chi connectivity index (χ3n) is 3.70. The highest BCUT2D eigenvalue weighted by atomic mass is 32.2. The van der Waals surface area contributed by atoms with Gasteiger partial charge in [-0.05, 0) is 24.3 Å². The standard InChI is InChI=1S/C16H7F6NO3S/c1-23-8-4-7(17)5-9(6-8)26-11-3-2-10(15(18,19)20)13-12(11)14(24)16(21,22)27(13)25/h2-6,14,24H. The van der Waals surface area contributed by atoms with Crippen molar-refractivity contribution in [2.45, 2.75) is 22.4 Å². The Hall–Kier alpha value is -2.58. The average molecular weight is 407 g/mol. The smallest absolute Gasteiger partial charge is 0.417 e. The number of fused-ring (bicyclic) bond motifs is 1. The van der Waals surface area contributed by atoms with E-state index in [2.05, 4.69) is 4.85 Å². The monoisotopic (exact) mass is 407 g/mol. The molecule has 0 amide bonds. The average Bonchev–Trinajstić information content (AvgIpc) is 2.75. The van der Waals surface area contributed by atoms with Gasteiger partial charge in [-0.2, -0.15) is 22.0 Å². The summed E-state index contributed by atoms with van der Waals surface area (Å²) in [5.74, 6) is -1.93. The molecule has 11 heteroatoms. The second kappa shape index (κ2) is 6.24. The molecule has 0 saturated heterocycles. The minimum Gasteiger partial charge on any atom is -0.458 e. The number of benzene rings is 2. The van der Waals surface area contributed by atoms with Crippen LogP contribution < -0.4 is 4.74 Å². The number of hydrogen-bond donors (Lipinski definition) is 1. The number of nitrogens with zero attached hydrogens (tertiary/aromatic N) is 1. The first-order chi connectivity index (χ1) is 12.5. The molecular weight excluding hydrogens is 400 g/mol. The number of halogens is 6. The van der Waals surface area contributed by atoms with Crippen LogP contribution in [0.1, 0.15) is 17.2 Å². The summed E-state index contributed by atoms with van der Waals surface area (Å²) in [7, 11) is -3.48. The molecule has 2 aromatic carbocycles. The third kappa shape index (κ3) is 3.15. The molecule has 3 rings (SSSR count). The number of aliphatic hydroxyl groups excluding tert-OH is 1. The van der Waals surface area contributed by atoms with Gasteiger partial charge in [-0.15, -0.1) is 0 Å². The van der Waals surface area contributed by atoms with E-state index in [1.807, 2.05) is 0 Å². The maximum atomic E-state index is 13.9. The van der Waals surface area contributed by atoms with Crippen molar-refractivity contribution in [2.24, 2.45) is 0 Å². The van der Waals surface area contributed by atoms with E-state index in [4.69, 9.17) is 11.3 Å². The van der Waals surface area contributed by atoms with Crippen LogP contribution in [0.15, 0.2) is 35.2 Å². The van der Waals surface area contributed by atoms with Crippen LogP contribution in [0.2, 0.25) is 0 Å². The predicted molar refractivity (Wildman–Crippen MR) is 80.5 cm³/mol. The largest absolute Gasteiger partial charge is 0.458 e. The fraction of sp³-hybridized carbons (Fsp3) is 0.188. The minimum absolute atomic E-state index is 0.206. The summed E-state index contributed by atoms with van der Waals surface area (Å²) in [4.78, 5) is 1.67. The van der Waals surface area contributed by atoms with Gasteiger partial charge in [-0.3, -0.25) is 0 Å². The van der Waals surface area contributed by atoms with Gasteiger partial charge in [0.25, 0.3) is 0 Å². The van der Waals surface area contributed by atoms with E-state index < -0.39 is 55.9 Å². The highest BCUT2D eigenvalue weighted by Crippen LogP contribution is 2.54. The van der Waals surface area contributed by atoms with Crippen molar-refractivity contribution >= 4 is 16.5 Å². The lowest BCUT2D eigenvalue weighted by Gasteiger charge is -2.16. The van der Waals surface area contributed by atoms with Gasteiger partial charge < -0.3 is 9.84 Å². The van der Waals surface area contributed by atoms with Crippen LogP contribution in [0, 0.1) is 12.4 Å². The van der Waals surface area contributed by atoms with Crippen LogP contribution in [-0.4, -0.2) is 14.6 Å². The molecule has 0 fully saturated rings. The molecule has 2 aromatic rings. The van der Waals surface area contributed by atoms with Gasteiger partial charge in [0, 0.05) is 11.6 Å². The first-order valence-corrected chi connectivity index (χ1v) is 8.19. The maximum absolute atomic E-state index is 13.9. The van der Waals surface area contributed by atoms with Crippen LogP contribution in [0.25, 0.3) is 4.85 Å². The Balaban J connectivity index is 2.19. The maximum Gasteiger partial charge on any atom is 0.417 e. The minimum atomic E-state index is -5.10. The molecule has 1 aliphatic rings. The Morgan fingerprint density at radius 2 is 1.89 bits per heavy atom. The van der Waals surface area contributed by atoms with Gasteiger partial charge in [-0.1, -0.05) is 0 Å². The van der Waals surface area contributed by atoms with Crippen LogP contribution in [0.3, 0.4) is 0 Å². The van der Waals surface area contributed by atoms with Crippen molar-refractivity contribution in [3.05, 3.63) is 58.7 Å². The SMILES string of the molecule is [C-]#[N+]c1cc(F)cc(Oc2ccc(C(F)(F)F)c3c2C(O)C(F)(F)S3=O)c1. The summed E-state index contributed by atoms with van der Waals surface area (Å²) in [6.45, 7) is 6.85. The molecule has 142 valence electrons. The molecular formula is C16H7F6NO3S. The second-order valence-corrected chi connectivity index (χ2v) is 6.93. The molecule has 0 aromatic heterocycles. The highest BCUT2D eigenvalue weighted by molar-refractivity contribution is 7.86. The zero-order valence-corrected chi connectivity index (χ0v) is 13.7. The van der Waals surface area contributed by atoms with Crippen molar-refractivity contribution in [2.75, 3.05) is 0 Å². The molecule has 27 heavy (non-hydrogen) atoms. The van der Waals surface area contributed by atoms with E-state index in [0.717, 1.165) is 18.2 Å². The molecule has 1 aliphatic heterocycles. The van der Waals surface area contributed by atoms with Gasteiger partial charge in [-0.25, -0.2) is 13.4 Å². The number of hydrogen-bond acceptors (Lipinski definition) is 3. The Morgan fingerprint density at radius 1 is 1.22 bits per heavy atom. The molecule has 0 radical (unpaired) electrons. The lowest BCUT2D eigenvalue weighted by Crippen LogP contribution is -2.24. The molecule has 2 unspecified atom stereocenters. The normalized spacial score (nSPS) is 20.8. The summed E-state index contributed by atoms with van der Waals surface area (Å²) in [6.07, 6.45) is -7.92. The Labute approximate surface area is 150 Å². The highest BCUT2D eigenvalue weighted by Gasteiger charge is 2.58. The van der Waals surface area contributed by atoms with Crippen LogP contribution in [0.5, 0.6) is 11.5 Å². The number of rotatable bonds is 2. The molecule has 1 heterocycles. The van der Waals surface area contributed by atoms with Crippen LogP contribution >= 0.6 is 0 Å². The van der Waals surface area contributed by atoms with E-state index in [9.17, 15) is 35.7 Å². The second-order valence-electron chi connectivity index (χ2n) is 5.44. The van der Waals surface area contributed by atoms with Gasteiger partial charge in [0.2, 0.25) is 0 Å². The first kappa shape index (κ1) is 19.2. The Morgan fingerprint density at radius 3 is 2.48 bits per heavy atom. The zero-order chi connectivity index (χ0) is 20.1. The predicted octanol–water partition coefficient (Wildman–Crippen LogP) is 4.93. The molecule has 2 atom stereocenters. The summed E-state index contributed by atoms with van der Waals surface area (Å²) >= 11 is 0. The molecule has 1 N–H and O–H groups in total. The Bertz CT molecular complexity index is 999. The lowest BCUT2D eigenvalue weighted by atomic mass is 10.0. The Kier molecular flexibility index (Phi) is 4.44. The van der Waals surface area contributed by atoms with E-state index >= 15 is 0 Å². The topological polar surface area (TPSA) is 50.9 Å². The molecule has 0 spiro atoms. The van der Waals surface area contributed by atoms with Crippen molar-refractivity contribution in [3.8, 4) is 11.5 Å². The van der Waals surface area contributed by atoms with E-state index in [1.54, 1.807) is 0 Å². The van der Waals surface area contributed by atoms with Gasteiger partial charge in [0.15, 0.2) is 11.8 Å². The molecule has 0 aliphatic carbocycles. The van der Waals surface area contributed by atoms with Crippen LogP contribution in [-0.2, 0) is 17.0 Å². The third-order valence-corrected chi connectivity index (χ3v) is 5.23. The van der Waals surface area contributed by atoms with Crippen molar-refractivity contribution < 1.29 is 40.4 Å². The van der Waals surface area contributed by atoms with E-state index in [1.165, 1.54) is 0 Å². The number of alkyl halides is 5. The van der Waals surface area contributed by atoms with Crippen molar-refractivity contribution in [1.82, 2.24) is 0 Å². The first-order valence-electron chi connectivity index (χ1n) is 7.04.